The number of hydrogen-bond acceptors (Lipinski definition) is 4. The number of carbonyl (C=O) groups is 1. The van der Waals surface area contributed by atoms with Gasteiger partial charge >= 0.3 is 0 Å². The number of hydrogen-bond donors (Lipinski definition) is 1. The quantitative estimate of drug-likeness (QED) is 0.888. The molecule has 1 amide bonds. The van der Waals surface area contributed by atoms with Gasteiger partial charge in [0, 0.05) is 25.7 Å². The van der Waals surface area contributed by atoms with E-state index in [0.717, 1.165) is 70.3 Å². The molecule has 1 aromatic carbocycles. The number of amides is 1. The summed E-state index contributed by atoms with van der Waals surface area (Å²) in [4.78, 5) is 17.7. The maximum Gasteiger partial charge on any atom is 0.230 e. The standard InChI is InChI=1S/C21H27N3O2/c22-14-16-4-1-2-5-19(16)23-12-3-10-21(15-23)11-13-24(20(21)26)17-6-8-18(25)9-7-17/h1-2,4-5,17-18,25H,3,6-13,15H2/t17-,18-,21-/m1/s1. The summed E-state index contributed by atoms with van der Waals surface area (Å²) in [5.74, 6) is 0.304. The third kappa shape index (κ3) is 2.97. The predicted molar refractivity (Wildman–Crippen MR) is 99.6 cm³/mol. The number of rotatable bonds is 2. The van der Waals surface area contributed by atoms with Crippen molar-refractivity contribution in [2.24, 2.45) is 5.41 Å². The van der Waals surface area contributed by atoms with Crippen molar-refractivity contribution < 1.29 is 9.90 Å². The number of likely N-dealkylation sites (tertiary alicyclic amines) is 1. The fourth-order valence-corrected chi connectivity index (χ4v) is 5.13. The van der Waals surface area contributed by atoms with E-state index in [1.54, 1.807) is 0 Å². The highest BCUT2D eigenvalue weighted by Gasteiger charge is 2.50. The molecule has 0 unspecified atom stereocenters. The molecule has 138 valence electrons. The minimum Gasteiger partial charge on any atom is -0.393 e. The number of para-hydroxylation sites is 1. The van der Waals surface area contributed by atoms with Crippen LogP contribution in [0.2, 0.25) is 0 Å². The fourth-order valence-electron chi connectivity index (χ4n) is 5.13. The van der Waals surface area contributed by atoms with Crippen molar-refractivity contribution >= 4 is 11.6 Å². The fraction of sp³-hybridized carbons (Fsp3) is 0.619. The van der Waals surface area contributed by atoms with Gasteiger partial charge in [0.15, 0.2) is 0 Å². The van der Waals surface area contributed by atoms with E-state index in [0.29, 0.717) is 17.5 Å². The van der Waals surface area contributed by atoms with E-state index in [9.17, 15) is 15.2 Å². The van der Waals surface area contributed by atoms with Gasteiger partial charge in [-0.15, -0.1) is 0 Å². The summed E-state index contributed by atoms with van der Waals surface area (Å²) in [7, 11) is 0. The lowest BCUT2D eigenvalue weighted by atomic mass is 9.78. The van der Waals surface area contributed by atoms with E-state index in [1.807, 2.05) is 24.3 Å². The van der Waals surface area contributed by atoms with E-state index in [2.05, 4.69) is 15.9 Å². The van der Waals surface area contributed by atoms with Gasteiger partial charge in [-0.05, 0) is 57.1 Å². The van der Waals surface area contributed by atoms with Gasteiger partial charge in [-0.25, -0.2) is 0 Å². The zero-order valence-corrected chi connectivity index (χ0v) is 15.2. The zero-order chi connectivity index (χ0) is 18.1. The molecule has 1 saturated carbocycles. The van der Waals surface area contributed by atoms with Crippen LogP contribution in [0.5, 0.6) is 0 Å². The van der Waals surface area contributed by atoms with Gasteiger partial charge in [-0.2, -0.15) is 5.26 Å². The molecule has 4 rings (SSSR count). The first-order valence-corrected chi connectivity index (χ1v) is 9.86. The molecule has 2 aliphatic heterocycles. The molecule has 1 aliphatic carbocycles. The van der Waals surface area contributed by atoms with Gasteiger partial charge in [0.05, 0.1) is 22.8 Å². The Morgan fingerprint density at radius 1 is 1.12 bits per heavy atom. The van der Waals surface area contributed by atoms with Crippen molar-refractivity contribution in [1.29, 1.82) is 5.26 Å². The summed E-state index contributed by atoms with van der Waals surface area (Å²) >= 11 is 0. The second-order valence-electron chi connectivity index (χ2n) is 8.15. The molecular formula is C21H27N3O2. The molecule has 26 heavy (non-hydrogen) atoms. The molecule has 1 spiro atoms. The predicted octanol–water partition coefficient (Wildman–Crippen LogP) is 2.68. The first-order chi connectivity index (χ1) is 12.6. The number of anilines is 1. The Balaban J connectivity index is 1.52. The average molecular weight is 353 g/mol. The van der Waals surface area contributed by atoms with Gasteiger partial charge < -0.3 is 14.9 Å². The van der Waals surface area contributed by atoms with E-state index in [1.165, 1.54) is 0 Å². The Morgan fingerprint density at radius 3 is 2.65 bits per heavy atom. The third-order valence-corrected chi connectivity index (χ3v) is 6.59. The number of benzene rings is 1. The number of aliphatic hydroxyl groups is 1. The molecule has 0 radical (unpaired) electrons. The van der Waals surface area contributed by atoms with Gasteiger partial charge in [0.1, 0.15) is 6.07 Å². The lowest BCUT2D eigenvalue weighted by Crippen LogP contribution is -2.50. The first kappa shape index (κ1) is 17.4. The Labute approximate surface area is 155 Å². The molecule has 0 aromatic heterocycles. The lowest BCUT2D eigenvalue weighted by molar-refractivity contribution is -0.139. The van der Waals surface area contributed by atoms with Crippen LogP contribution in [0.1, 0.15) is 50.5 Å². The maximum absolute atomic E-state index is 13.4. The minimum atomic E-state index is -0.295. The van der Waals surface area contributed by atoms with E-state index >= 15 is 0 Å². The summed E-state index contributed by atoms with van der Waals surface area (Å²) in [6, 6.07) is 10.3. The van der Waals surface area contributed by atoms with Crippen molar-refractivity contribution in [2.45, 2.75) is 57.1 Å². The van der Waals surface area contributed by atoms with Crippen LogP contribution in [-0.4, -0.2) is 47.7 Å². The lowest BCUT2D eigenvalue weighted by Gasteiger charge is -2.41. The molecule has 1 atom stereocenters. The second-order valence-corrected chi connectivity index (χ2v) is 8.15. The Morgan fingerprint density at radius 2 is 1.88 bits per heavy atom. The number of nitrogens with zero attached hydrogens (tertiary/aromatic N) is 3. The Hall–Kier alpha value is -2.06. The Bertz CT molecular complexity index is 720. The number of nitriles is 1. The summed E-state index contributed by atoms with van der Waals surface area (Å²) in [5.41, 5.74) is 1.35. The minimum absolute atomic E-state index is 0.189. The number of piperidine rings is 1. The van der Waals surface area contributed by atoms with Crippen LogP contribution in [0.4, 0.5) is 5.69 Å². The summed E-state index contributed by atoms with van der Waals surface area (Å²) < 4.78 is 0. The SMILES string of the molecule is N#Cc1ccccc1N1CCC[C@@]2(CCN([C@H]3CC[C@H](O)CC3)C2=O)C1. The zero-order valence-electron chi connectivity index (χ0n) is 15.2. The molecule has 1 N–H and O–H groups in total. The van der Waals surface area contributed by atoms with Crippen LogP contribution in [0, 0.1) is 16.7 Å². The molecule has 3 fully saturated rings. The third-order valence-electron chi connectivity index (χ3n) is 6.59. The number of aliphatic hydroxyl groups excluding tert-OH is 1. The largest absolute Gasteiger partial charge is 0.393 e. The highest BCUT2D eigenvalue weighted by atomic mass is 16.3. The van der Waals surface area contributed by atoms with Gasteiger partial charge in [0.2, 0.25) is 5.91 Å². The van der Waals surface area contributed by atoms with Crippen molar-refractivity contribution in [1.82, 2.24) is 4.90 Å². The molecule has 2 saturated heterocycles. The maximum atomic E-state index is 13.4. The summed E-state index contributed by atoms with van der Waals surface area (Å²) in [5, 5.41) is 19.2. The second kappa shape index (κ2) is 6.92. The van der Waals surface area contributed by atoms with Gasteiger partial charge in [-0.1, -0.05) is 12.1 Å². The van der Waals surface area contributed by atoms with Crippen molar-refractivity contribution in [2.75, 3.05) is 24.5 Å². The molecule has 3 aliphatic rings. The topological polar surface area (TPSA) is 67.6 Å². The monoisotopic (exact) mass is 353 g/mol. The van der Waals surface area contributed by atoms with Crippen molar-refractivity contribution in [3.63, 3.8) is 0 Å². The van der Waals surface area contributed by atoms with Crippen LogP contribution in [0.15, 0.2) is 24.3 Å². The molecular weight excluding hydrogens is 326 g/mol. The Kier molecular flexibility index (Phi) is 4.62. The van der Waals surface area contributed by atoms with E-state index in [4.69, 9.17) is 0 Å². The first-order valence-electron chi connectivity index (χ1n) is 9.86. The number of carbonyl (C=O) groups excluding carboxylic acids is 1. The normalized spacial score (nSPS) is 32.1. The molecule has 5 nitrogen and oxygen atoms in total. The molecule has 2 heterocycles. The smallest absolute Gasteiger partial charge is 0.230 e. The average Bonchev–Trinajstić information content (AvgIpc) is 2.98. The van der Waals surface area contributed by atoms with Crippen LogP contribution in [0.3, 0.4) is 0 Å². The van der Waals surface area contributed by atoms with Gasteiger partial charge in [-0.3, -0.25) is 4.79 Å². The van der Waals surface area contributed by atoms with Crippen molar-refractivity contribution in [3.05, 3.63) is 29.8 Å². The summed E-state index contributed by atoms with van der Waals surface area (Å²) in [6.07, 6.45) is 6.12. The molecule has 5 heteroatoms. The van der Waals surface area contributed by atoms with Gasteiger partial charge in [0.25, 0.3) is 0 Å². The van der Waals surface area contributed by atoms with E-state index in [-0.39, 0.29) is 11.5 Å². The van der Waals surface area contributed by atoms with Crippen molar-refractivity contribution in [3.8, 4) is 6.07 Å². The van der Waals surface area contributed by atoms with Crippen LogP contribution >= 0.6 is 0 Å². The molecule has 1 aromatic rings. The van der Waals surface area contributed by atoms with Crippen LogP contribution in [0.25, 0.3) is 0 Å². The molecule has 0 bridgehead atoms. The van der Waals surface area contributed by atoms with Crippen LogP contribution in [-0.2, 0) is 4.79 Å². The summed E-state index contributed by atoms with van der Waals surface area (Å²) in [6.45, 7) is 2.47. The van der Waals surface area contributed by atoms with Crippen LogP contribution < -0.4 is 4.90 Å². The highest BCUT2D eigenvalue weighted by Crippen LogP contribution is 2.43. The highest BCUT2D eigenvalue weighted by molar-refractivity contribution is 5.86. The van der Waals surface area contributed by atoms with E-state index < -0.39 is 0 Å².